The van der Waals surface area contributed by atoms with E-state index >= 15 is 0 Å². The highest BCUT2D eigenvalue weighted by atomic mass is 79.9. The fraction of sp³-hybridized carbons (Fsp3) is 0.385. The monoisotopic (exact) mass is 297 g/mol. The maximum Gasteiger partial charge on any atom is 0.148 e. The van der Waals surface area contributed by atoms with E-state index < -0.39 is 0 Å². The van der Waals surface area contributed by atoms with Crippen molar-refractivity contribution < 1.29 is 9.15 Å². The molecule has 4 heteroatoms. The Kier molecular flexibility index (Phi) is 3.74. The van der Waals surface area contributed by atoms with Crippen LogP contribution in [0.25, 0.3) is 11.0 Å². The van der Waals surface area contributed by atoms with Crippen LogP contribution in [0, 0.1) is 0 Å². The van der Waals surface area contributed by atoms with Crippen molar-refractivity contribution in [3.8, 4) is 5.75 Å². The van der Waals surface area contributed by atoms with E-state index in [1.54, 1.807) is 7.11 Å². The Morgan fingerprint density at radius 3 is 2.76 bits per heavy atom. The van der Waals surface area contributed by atoms with E-state index in [0.29, 0.717) is 0 Å². The molecule has 0 bridgehead atoms. The lowest BCUT2D eigenvalue weighted by atomic mass is 10.1. The summed E-state index contributed by atoms with van der Waals surface area (Å²) in [5.74, 6) is 1.79. The molecule has 0 saturated carbocycles. The predicted molar refractivity (Wildman–Crippen MR) is 72.6 cm³/mol. The Labute approximate surface area is 109 Å². The first-order chi connectivity index (χ1) is 8.19. The van der Waals surface area contributed by atoms with Crippen LogP contribution < -0.4 is 10.1 Å². The highest BCUT2D eigenvalue weighted by molar-refractivity contribution is 9.10. The number of furan rings is 1. The molecule has 3 nitrogen and oxygen atoms in total. The molecule has 0 aliphatic rings. The topological polar surface area (TPSA) is 34.4 Å². The standard InChI is InChI=1S/C13H16BrNO2/c1-4-11(15-2)12-6-8-5-9(16-3)7-10(14)13(8)17-12/h5-7,11,15H,4H2,1-3H3. The molecule has 0 amide bonds. The number of nitrogens with one attached hydrogen (secondary N) is 1. The molecular formula is C13H16BrNO2. The summed E-state index contributed by atoms with van der Waals surface area (Å²) in [6.45, 7) is 2.13. The predicted octanol–water partition coefficient (Wildman–Crippen LogP) is 3.87. The number of benzene rings is 1. The molecule has 1 aromatic heterocycles. The SMILES string of the molecule is CCC(NC)c1cc2cc(OC)cc(Br)c2o1. The van der Waals surface area contributed by atoms with Crippen molar-refractivity contribution in [3.05, 3.63) is 28.4 Å². The van der Waals surface area contributed by atoms with Crippen LogP contribution in [0.4, 0.5) is 0 Å². The van der Waals surface area contributed by atoms with Gasteiger partial charge in [-0.3, -0.25) is 0 Å². The van der Waals surface area contributed by atoms with Gasteiger partial charge in [-0.1, -0.05) is 6.92 Å². The number of ether oxygens (including phenoxy) is 1. The molecule has 0 fully saturated rings. The molecule has 0 spiro atoms. The summed E-state index contributed by atoms with van der Waals surface area (Å²) < 4.78 is 12.0. The summed E-state index contributed by atoms with van der Waals surface area (Å²) in [6, 6.07) is 6.21. The minimum atomic E-state index is 0.250. The zero-order chi connectivity index (χ0) is 12.4. The van der Waals surface area contributed by atoms with E-state index in [4.69, 9.17) is 9.15 Å². The van der Waals surface area contributed by atoms with Gasteiger partial charge in [-0.15, -0.1) is 0 Å². The third-order valence-electron chi connectivity index (χ3n) is 2.90. The maximum absolute atomic E-state index is 5.88. The summed E-state index contributed by atoms with van der Waals surface area (Å²) in [5, 5.41) is 4.29. The third-order valence-corrected chi connectivity index (χ3v) is 3.49. The number of hydrogen-bond acceptors (Lipinski definition) is 3. The molecule has 1 aromatic carbocycles. The van der Waals surface area contributed by atoms with Gasteiger partial charge in [0.2, 0.25) is 0 Å². The lowest BCUT2D eigenvalue weighted by Crippen LogP contribution is -2.14. The van der Waals surface area contributed by atoms with Crippen LogP contribution in [0.15, 0.2) is 27.1 Å². The summed E-state index contributed by atoms with van der Waals surface area (Å²) >= 11 is 3.50. The summed E-state index contributed by atoms with van der Waals surface area (Å²) in [7, 11) is 3.61. The molecule has 0 aliphatic heterocycles. The van der Waals surface area contributed by atoms with Crippen LogP contribution in [-0.2, 0) is 0 Å². The van der Waals surface area contributed by atoms with Crippen molar-refractivity contribution in [2.75, 3.05) is 14.2 Å². The van der Waals surface area contributed by atoms with Gasteiger partial charge in [-0.05, 0) is 47.6 Å². The van der Waals surface area contributed by atoms with Crippen LogP contribution in [-0.4, -0.2) is 14.2 Å². The Balaban J connectivity index is 2.53. The van der Waals surface area contributed by atoms with Crippen LogP contribution in [0.3, 0.4) is 0 Å². The highest BCUT2D eigenvalue weighted by Crippen LogP contribution is 2.34. The maximum atomic E-state index is 5.88. The lowest BCUT2D eigenvalue weighted by Gasteiger charge is -2.09. The molecule has 1 N–H and O–H groups in total. The molecular weight excluding hydrogens is 282 g/mol. The van der Waals surface area contributed by atoms with Gasteiger partial charge in [0.15, 0.2) is 0 Å². The Hall–Kier alpha value is -1.00. The average Bonchev–Trinajstić information content (AvgIpc) is 2.75. The van der Waals surface area contributed by atoms with Crippen molar-refractivity contribution in [1.82, 2.24) is 5.32 Å². The quantitative estimate of drug-likeness (QED) is 0.930. The number of hydrogen-bond donors (Lipinski definition) is 1. The number of fused-ring (bicyclic) bond motifs is 1. The second kappa shape index (κ2) is 5.10. The molecule has 1 unspecified atom stereocenters. The summed E-state index contributed by atoms with van der Waals surface area (Å²) in [6.07, 6.45) is 0.991. The fourth-order valence-corrected chi connectivity index (χ4v) is 2.48. The number of methoxy groups -OCH3 is 1. The fourth-order valence-electron chi connectivity index (χ4n) is 1.94. The molecule has 2 aromatic rings. The van der Waals surface area contributed by atoms with Crippen molar-refractivity contribution in [2.24, 2.45) is 0 Å². The van der Waals surface area contributed by atoms with Gasteiger partial charge in [0.25, 0.3) is 0 Å². The molecule has 0 radical (unpaired) electrons. The first-order valence-corrected chi connectivity index (χ1v) is 6.43. The first-order valence-electron chi connectivity index (χ1n) is 5.63. The van der Waals surface area contributed by atoms with E-state index in [-0.39, 0.29) is 6.04 Å². The van der Waals surface area contributed by atoms with Crippen LogP contribution in [0.5, 0.6) is 5.75 Å². The lowest BCUT2D eigenvalue weighted by molar-refractivity contribution is 0.414. The van der Waals surface area contributed by atoms with E-state index in [0.717, 1.165) is 33.4 Å². The van der Waals surface area contributed by atoms with E-state index in [1.165, 1.54) is 0 Å². The van der Waals surface area contributed by atoms with Gasteiger partial charge >= 0.3 is 0 Å². The third kappa shape index (κ3) is 2.33. The van der Waals surface area contributed by atoms with Gasteiger partial charge in [-0.2, -0.15) is 0 Å². The number of rotatable bonds is 4. The van der Waals surface area contributed by atoms with Gasteiger partial charge < -0.3 is 14.5 Å². The van der Waals surface area contributed by atoms with E-state index in [9.17, 15) is 0 Å². The van der Waals surface area contributed by atoms with Crippen molar-refractivity contribution in [1.29, 1.82) is 0 Å². The zero-order valence-electron chi connectivity index (χ0n) is 10.2. The minimum Gasteiger partial charge on any atom is -0.497 e. The van der Waals surface area contributed by atoms with Crippen molar-refractivity contribution in [2.45, 2.75) is 19.4 Å². The second-order valence-electron chi connectivity index (χ2n) is 3.93. The smallest absolute Gasteiger partial charge is 0.148 e. The average molecular weight is 298 g/mol. The van der Waals surface area contributed by atoms with Gasteiger partial charge in [0.1, 0.15) is 17.1 Å². The van der Waals surface area contributed by atoms with Crippen LogP contribution in [0.1, 0.15) is 25.1 Å². The Morgan fingerprint density at radius 1 is 1.41 bits per heavy atom. The van der Waals surface area contributed by atoms with Gasteiger partial charge in [0, 0.05) is 5.39 Å². The van der Waals surface area contributed by atoms with Gasteiger partial charge in [0.05, 0.1) is 17.6 Å². The normalized spacial score (nSPS) is 12.9. The first kappa shape index (κ1) is 12.5. The Bertz CT molecular complexity index is 517. The molecule has 2 rings (SSSR count). The van der Waals surface area contributed by atoms with E-state index in [1.807, 2.05) is 19.2 Å². The summed E-state index contributed by atoms with van der Waals surface area (Å²) in [4.78, 5) is 0. The molecule has 17 heavy (non-hydrogen) atoms. The zero-order valence-corrected chi connectivity index (χ0v) is 11.8. The largest absolute Gasteiger partial charge is 0.497 e. The Morgan fingerprint density at radius 2 is 2.18 bits per heavy atom. The van der Waals surface area contributed by atoms with Crippen molar-refractivity contribution in [3.63, 3.8) is 0 Å². The molecule has 1 heterocycles. The summed E-state index contributed by atoms with van der Waals surface area (Å²) in [5.41, 5.74) is 0.870. The molecule has 92 valence electrons. The van der Waals surface area contributed by atoms with Gasteiger partial charge in [-0.25, -0.2) is 0 Å². The van der Waals surface area contributed by atoms with Crippen molar-refractivity contribution >= 4 is 26.9 Å². The van der Waals surface area contributed by atoms with Crippen LogP contribution >= 0.6 is 15.9 Å². The van der Waals surface area contributed by atoms with Crippen LogP contribution in [0.2, 0.25) is 0 Å². The highest BCUT2D eigenvalue weighted by Gasteiger charge is 2.14. The second-order valence-corrected chi connectivity index (χ2v) is 4.78. The molecule has 1 atom stereocenters. The van der Waals surface area contributed by atoms with E-state index in [2.05, 4.69) is 34.2 Å². The molecule has 0 aliphatic carbocycles. The minimum absolute atomic E-state index is 0.250. The number of halogens is 1. The molecule has 0 saturated heterocycles.